The third kappa shape index (κ3) is 4.73. The van der Waals surface area contributed by atoms with E-state index in [1.807, 2.05) is 24.3 Å². The smallest absolute Gasteiger partial charge is 0.407 e. The second-order valence-electron chi connectivity index (χ2n) is 7.71. The van der Waals surface area contributed by atoms with Crippen molar-refractivity contribution < 1.29 is 14.7 Å². The Morgan fingerprint density at radius 3 is 2.84 bits per heavy atom. The number of benzene rings is 1. The average Bonchev–Trinajstić information content (AvgIpc) is 3.33. The highest BCUT2D eigenvalue weighted by Gasteiger charge is 2.29. The highest BCUT2D eigenvalue weighted by Crippen LogP contribution is 2.45. The summed E-state index contributed by atoms with van der Waals surface area (Å²) in [5.41, 5.74) is 2.99. The minimum Gasteiger partial charge on any atom is -0.465 e. The molecule has 4 rings (SSSR count). The number of para-hydroxylation sites is 1. The van der Waals surface area contributed by atoms with Crippen LogP contribution < -0.4 is 10.6 Å². The number of amides is 2. The number of hydrogen-bond donors (Lipinski definition) is 3. The van der Waals surface area contributed by atoms with E-state index in [0.717, 1.165) is 42.7 Å². The number of carbonyl (C=O) groups excluding carboxylic acids is 1. The van der Waals surface area contributed by atoms with Crippen LogP contribution in [0.25, 0.3) is 20.8 Å². The number of thiazole rings is 1. The van der Waals surface area contributed by atoms with E-state index in [9.17, 15) is 14.7 Å². The highest BCUT2D eigenvalue weighted by molar-refractivity contribution is 7.22. The summed E-state index contributed by atoms with van der Waals surface area (Å²) in [6.07, 6.45) is 1.10. The van der Waals surface area contributed by atoms with Crippen LogP contribution in [0, 0.1) is 0 Å². The molecule has 0 spiro atoms. The van der Waals surface area contributed by atoms with E-state index in [4.69, 9.17) is 4.98 Å². The first-order valence-corrected chi connectivity index (χ1v) is 12.1. The van der Waals surface area contributed by atoms with Crippen molar-refractivity contribution >= 4 is 49.9 Å². The van der Waals surface area contributed by atoms with Crippen LogP contribution in [0.1, 0.15) is 37.1 Å². The lowest BCUT2D eigenvalue weighted by atomic mass is 10.0. The fourth-order valence-electron chi connectivity index (χ4n) is 3.63. The van der Waals surface area contributed by atoms with Gasteiger partial charge in [-0.1, -0.05) is 19.1 Å². The summed E-state index contributed by atoms with van der Waals surface area (Å²) in [4.78, 5) is 31.3. The fraction of sp³-hybridized carbons (Fsp3) is 0.409. The van der Waals surface area contributed by atoms with Gasteiger partial charge in [-0.05, 0) is 37.5 Å². The van der Waals surface area contributed by atoms with Gasteiger partial charge in [-0.15, -0.1) is 22.7 Å². The first kappa shape index (κ1) is 21.7. The van der Waals surface area contributed by atoms with Crippen molar-refractivity contribution in [1.82, 2.24) is 15.2 Å². The molecule has 2 aromatic heterocycles. The molecule has 0 radical (unpaired) electrons. The fourth-order valence-corrected chi connectivity index (χ4v) is 6.02. The quantitative estimate of drug-likeness (QED) is 0.474. The van der Waals surface area contributed by atoms with Crippen molar-refractivity contribution in [3.63, 3.8) is 0 Å². The predicted molar refractivity (Wildman–Crippen MR) is 126 cm³/mol. The first-order valence-electron chi connectivity index (χ1n) is 10.5. The van der Waals surface area contributed by atoms with Crippen molar-refractivity contribution in [3.8, 4) is 10.6 Å². The molecule has 0 bridgehead atoms. The predicted octanol–water partition coefficient (Wildman–Crippen LogP) is 4.78. The Morgan fingerprint density at radius 1 is 1.29 bits per heavy atom. The summed E-state index contributed by atoms with van der Waals surface area (Å²) in [6, 6.07) is 8.36. The van der Waals surface area contributed by atoms with Crippen molar-refractivity contribution in [3.05, 3.63) is 34.7 Å². The van der Waals surface area contributed by atoms with Gasteiger partial charge in [0.25, 0.3) is 0 Å². The monoisotopic (exact) mass is 458 g/mol. The van der Waals surface area contributed by atoms with Crippen LogP contribution in [-0.2, 0) is 17.8 Å². The number of fused-ring (bicyclic) bond motifs is 2. The standard InChI is InChI=1S/C22H26N4O3S2/c1-3-13(2)23-10-8-18(27)25-21-19(20-24-15-6-4-5-7-16(15)30-20)14-9-11-26(22(28)29)12-17(14)31-21/h4-7,13,23H,3,8-12H2,1-2H3,(H,25,27)(H,28,29)/t13-/m0/s1. The Labute approximate surface area is 189 Å². The molecule has 1 aliphatic rings. The highest BCUT2D eigenvalue weighted by atomic mass is 32.1. The summed E-state index contributed by atoms with van der Waals surface area (Å²) in [5.74, 6) is -0.0492. The number of carboxylic acid groups (broad SMARTS) is 1. The molecule has 0 saturated carbocycles. The maximum absolute atomic E-state index is 12.7. The molecule has 7 nitrogen and oxygen atoms in total. The topological polar surface area (TPSA) is 94.6 Å². The van der Waals surface area contributed by atoms with Crippen LogP contribution >= 0.6 is 22.7 Å². The van der Waals surface area contributed by atoms with E-state index in [2.05, 4.69) is 24.5 Å². The zero-order valence-electron chi connectivity index (χ0n) is 17.6. The van der Waals surface area contributed by atoms with Crippen LogP contribution in [-0.4, -0.2) is 46.1 Å². The summed E-state index contributed by atoms with van der Waals surface area (Å²) < 4.78 is 1.09. The molecule has 1 aliphatic heterocycles. The van der Waals surface area contributed by atoms with Crippen molar-refractivity contribution in [1.29, 1.82) is 0 Å². The van der Waals surface area contributed by atoms with E-state index in [0.29, 0.717) is 38.5 Å². The number of thiophene rings is 1. The second-order valence-corrected chi connectivity index (χ2v) is 9.85. The molecule has 0 aliphatic carbocycles. The van der Waals surface area contributed by atoms with E-state index < -0.39 is 6.09 Å². The van der Waals surface area contributed by atoms with Crippen molar-refractivity contribution in [2.45, 2.75) is 45.7 Å². The van der Waals surface area contributed by atoms with E-state index in [1.54, 1.807) is 11.3 Å². The first-order chi connectivity index (χ1) is 15.0. The molecule has 31 heavy (non-hydrogen) atoms. The molecule has 3 heterocycles. The summed E-state index contributed by atoms with van der Waals surface area (Å²) in [7, 11) is 0. The molecule has 1 atom stereocenters. The largest absolute Gasteiger partial charge is 0.465 e. The van der Waals surface area contributed by atoms with Gasteiger partial charge in [0.05, 0.1) is 16.8 Å². The second kappa shape index (κ2) is 9.33. The van der Waals surface area contributed by atoms with Crippen molar-refractivity contribution in [2.75, 3.05) is 18.4 Å². The summed E-state index contributed by atoms with van der Waals surface area (Å²) in [6.45, 7) is 5.63. The number of rotatable bonds is 7. The minimum atomic E-state index is -0.915. The van der Waals surface area contributed by atoms with E-state index >= 15 is 0 Å². The Morgan fingerprint density at radius 2 is 2.10 bits per heavy atom. The number of hydrogen-bond acceptors (Lipinski definition) is 6. The van der Waals surface area contributed by atoms with Crippen LogP contribution in [0.5, 0.6) is 0 Å². The zero-order chi connectivity index (χ0) is 22.0. The number of aromatic nitrogens is 1. The lowest BCUT2D eigenvalue weighted by molar-refractivity contribution is -0.116. The molecule has 3 N–H and O–H groups in total. The van der Waals surface area contributed by atoms with Gasteiger partial charge in [-0.3, -0.25) is 4.79 Å². The van der Waals surface area contributed by atoms with Gasteiger partial charge in [0, 0.05) is 36.0 Å². The number of carbonyl (C=O) groups is 2. The number of nitrogens with zero attached hydrogens (tertiary/aromatic N) is 2. The van der Waals surface area contributed by atoms with Crippen LogP contribution in [0.2, 0.25) is 0 Å². The molecule has 2 amide bonds. The van der Waals surface area contributed by atoms with E-state index in [1.165, 1.54) is 16.2 Å². The van der Waals surface area contributed by atoms with Gasteiger partial charge < -0.3 is 20.6 Å². The zero-order valence-corrected chi connectivity index (χ0v) is 19.2. The lowest BCUT2D eigenvalue weighted by Crippen LogP contribution is -2.34. The molecule has 1 aromatic carbocycles. The molecule has 164 valence electrons. The molecule has 0 unspecified atom stereocenters. The average molecular weight is 459 g/mol. The SMILES string of the molecule is CC[C@H](C)NCCC(=O)Nc1sc2c(c1-c1nc3ccccc3s1)CCN(C(=O)O)C2. The Balaban J connectivity index is 1.64. The normalized spacial score (nSPS) is 14.5. The Bertz CT molecular complexity index is 1070. The third-order valence-corrected chi connectivity index (χ3v) is 7.73. The molecular formula is C22H26N4O3S2. The van der Waals surface area contributed by atoms with Crippen molar-refractivity contribution in [2.24, 2.45) is 0 Å². The number of nitrogens with one attached hydrogen (secondary N) is 2. The summed E-state index contributed by atoms with van der Waals surface area (Å²) >= 11 is 3.07. The van der Waals surface area contributed by atoms with Gasteiger partial charge in [-0.25, -0.2) is 9.78 Å². The lowest BCUT2D eigenvalue weighted by Gasteiger charge is -2.24. The van der Waals surface area contributed by atoms with Crippen LogP contribution in [0.3, 0.4) is 0 Å². The molecular weight excluding hydrogens is 432 g/mol. The van der Waals surface area contributed by atoms with Gasteiger partial charge in [-0.2, -0.15) is 0 Å². The summed E-state index contributed by atoms with van der Waals surface area (Å²) in [5, 5.41) is 17.5. The van der Waals surface area contributed by atoms with Crippen LogP contribution in [0.15, 0.2) is 24.3 Å². The molecule has 3 aromatic rings. The molecule has 0 fully saturated rings. The number of anilines is 1. The maximum Gasteiger partial charge on any atom is 0.407 e. The van der Waals surface area contributed by atoms with Gasteiger partial charge >= 0.3 is 6.09 Å². The van der Waals surface area contributed by atoms with E-state index in [-0.39, 0.29) is 5.91 Å². The van der Waals surface area contributed by atoms with Crippen LogP contribution in [0.4, 0.5) is 9.80 Å². The van der Waals surface area contributed by atoms with Gasteiger partial charge in [0.2, 0.25) is 5.91 Å². The van der Waals surface area contributed by atoms with Gasteiger partial charge in [0.15, 0.2) is 0 Å². The Hall–Kier alpha value is -2.49. The third-order valence-electron chi connectivity index (χ3n) is 5.55. The van der Waals surface area contributed by atoms with Gasteiger partial charge in [0.1, 0.15) is 10.0 Å². The maximum atomic E-state index is 12.7. The molecule has 9 heteroatoms. The Kier molecular flexibility index (Phi) is 6.54. The molecule has 0 saturated heterocycles. The minimum absolute atomic E-state index is 0.0492.